The van der Waals surface area contributed by atoms with Crippen molar-refractivity contribution in [3.63, 3.8) is 0 Å². The Kier molecular flexibility index (Phi) is 3.60. The first-order valence-corrected chi connectivity index (χ1v) is 7.83. The molecule has 0 bridgehead atoms. The first-order chi connectivity index (χ1) is 11.7. The monoisotopic (exact) mass is 324 g/mol. The summed E-state index contributed by atoms with van der Waals surface area (Å²) in [7, 11) is 0. The molecule has 3 aromatic rings. The summed E-state index contributed by atoms with van der Waals surface area (Å²) in [6.45, 7) is 3.35. The molecule has 6 nitrogen and oxygen atoms in total. The van der Waals surface area contributed by atoms with Gasteiger partial charge in [-0.3, -0.25) is 0 Å². The van der Waals surface area contributed by atoms with E-state index in [9.17, 15) is 4.39 Å². The van der Waals surface area contributed by atoms with Crippen LogP contribution in [0.4, 0.5) is 21.7 Å². The van der Waals surface area contributed by atoms with E-state index in [0.717, 1.165) is 43.1 Å². The second kappa shape index (κ2) is 5.92. The minimum Gasteiger partial charge on any atom is -0.384 e. The molecule has 2 N–H and O–H groups in total. The number of benzene rings is 1. The van der Waals surface area contributed by atoms with Gasteiger partial charge in [0.15, 0.2) is 5.65 Å². The number of anilines is 3. The van der Waals surface area contributed by atoms with Gasteiger partial charge in [0.2, 0.25) is 0 Å². The molecule has 0 atom stereocenters. The van der Waals surface area contributed by atoms with Crippen molar-refractivity contribution in [1.29, 1.82) is 0 Å². The van der Waals surface area contributed by atoms with E-state index in [1.165, 1.54) is 18.5 Å². The average molecular weight is 324 g/mol. The maximum absolute atomic E-state index is 13.1. The summed E-state index contributed by atoms with van der Waals surface area (Å²) in [6, 6.07) is 10.3. The number of piperazine rings is 1. The highest BCUT2D eigenvalue weighted by Gasteiger charge is 2.20. The number of pyridine rings is 1. The van der Waals surface area contributed by atoms with Gasteiger partial charge in [0.25, 0.3) is 0 Å². The smallest absolute Gasteiger partial charge is 0.166 e. The summed E-state index contributed by atoms with van der Waals surface area (Å²) >= 11 is 0. The first kappa shape index (κ1) is 14.6. The van der Waals surface area contributed by atoms with Crippen molar-refractivity contribution in [2.45, 2.75) is 0 Å². The van der Waals surface area contributed by atoms with E-state index in [4.69, 9.17) is 5.73 Å². The van der Waals surface area contributed by atoms with E-state index in [1.54, 1.807) is 6.07 Å². The number of nitrogens with two attached hydrogens (primary N) is 1. The van der Waals surface area contributed by atoms with Crippen LogP contribution in [-0.2, 0) is 0 Å². The Labute approximate surface area is 138 Å². The normalized spacial score (nSPS) is 15.0. The summed E-state index contributed by atoms with van der Waals surface area (Å²) in [4.78, 5) is 17.4. The number of fused-ring (bicyclic) bond motifs is 1. The fraction of sp³-hybridized carbons (Fsp3) is 0.235. The molecule has 1 fully saturated rings. The van der Waals surface area contributed by atoms with Gasteiger partial charge in [0, 0.05) is 31.9 Å². The van der Waals surface area contributed by atoms with Gasteiger partial charge in [-0.15, -0.1) is 0 Å². The highest BCUT2D eigenvalue weighted by atomic mass is 19.1. The Morgan fingerprint density at radius 3 is 2.33 bits per heavy atom. The molecule has 122 valence electrons. The van der Waals surface area contributed by atoms with Crippen LogP contribution in [-0.4, -0.2) is 41.1 Å². The summed E-state index contributed by atoms with van der Waals surface area (Å²) in [6.07, 6.45) is 1.52. The minimum absolute atomic E-state index is 0.211. The zero-order chi connectivity index (χ0) is 16.5. The minimum atomic E-state index is -0.211. The van der Waals surface area contributed by atoms with Gasteiger partial charge in [-0.2, -0.15) is 0 Å². The number of nitrogen functional groups attached to an aromatic ring is 1. The lowest BCUT2D eigenvalue weighted by atomic mass is 10.2. The summed E-state index contributed by atoms with van der Waals surface area (Å²) in [5.41, 5.74) is 7.38. The summed E-state index contributed by atoms with van der Waals surface area (Å²) < 4.78 is 13.1. The number of hydrogen-bond acceptors (Lipinski definition) is 6. The molecule has 0 radical (unpaired) electrons. The van der Waals surface area contributed by atoms with Gasteiger partial charge in [-0.1, -0.05) is 0 Å². The van der Waals surface area contributed by atoms with E-state index in [1.807, 2.05) is 18.2 Å². The van der Waals surface area contributed by atoms with E-state index in [2.05, 4.69) is 24.8 Å². The van der Waals surface area contributed by atoms with Crippen LogP contribution in [0.3, 0.4) is 0 Å². The van der Waals surface area contributed by atoms with Crippen molar-refractivity contribution in [1.82, 2.24) is 15.0 Å². The fourth-order valence-electron chi connectivity index (χ4n) is 3.02. The Hall–Kier alpha value is -2.96. The number of aromatic nitrogens is 3. The fourth-order valence-corrected chi connectivity index (χ4v) is 3.02. The van der Waals surface area contributed by atoms with Crippen molar-refractivity contribution in [3.05, 3.63) is 48.5 Å². The SMILES string of the molecule is Nc1ccc2c(N3CCN(c4ccc(F)cc4)CC3)ncnc2n1. The number of halogens is 1. The van der Waals surface area contributed by atoms with Crippen LogP contribution >= 0.6 is 0 Å². The quantitative estimate of drug-likeness (QED) is 0.778. The van der Waals surface area contributed by atoms with E-state index >= 15 is 0 Å². The Morgan fingerprint density at radius 1 is 0.875 bits per heavy atom. The largest absolute Gasteiger partial charge is 0.384 e. The molecular weight excluding hydrogens is 307 g/mol. The molecule has 0 spiro atoms. The molecule has 0 amide bonds. The molecule has 1 aliphatic heterocycles. The van der Waals surface area contributed by atoms with Crippen molar-refractivity contribution in [3.8, 4) is 0 Å². The Bertz CT molecular complexity index is 859. The number of hydrogen-bond donors (Lipinski definition) is 1. The molecule has 0 saturated carbocycles. The molecule has 1 saturated heterocycles. The molecule has 1 aromatic carbocycles. The van der Waals surface area contributed by atoms with Crippen molar-refractivity contribution in [2.24, 2.45) is 0 Å². The zero-order valence-corrected chi connectivity index (χ0v) is 13.1. The molecular formula is C17H17FN6. The van der Waals surface area contributed by atoms with Crippen molar-refractivity contribution >= 4 is 28.4 Å². The maximum Gasteiger partial charge on any atom is 0.166 e. The second-order valence-electron chi connectivity index (χ2n) is 5.76. The molecule has 2 aromatic heterocycles. The zero-order valence-electron chi connectivity index (χ0n) is 13.1. The molecule has 1 aliphatic rings. The van der Waals surface area contributed by atoms with Crippen LogP contribution in [0.25, 0.3) is 11.0 Å². The van der Waals surface area contributed by atoms with Gasteiger partial charge in [-0.25, -0.2) is 19.3 Å². The van der Waals surface area contributed by atoms with Gasteiger partial charge < -0.3 is 15.5 Å². The highest BCUT2D eigenvalue weighted by molar-refractivity contribution is 5.87. The highest BCUT2D eigenvalue weighted by Crippen LogP contribution is 2.25. The van der Waals surface area contributed by atoms with Crippen LogP contribution in [0.1, 0.15) is 0 Å². The maximum atomic E-state index is 13.1. The predicted molar refractivity (Wildman–Crippen MR) is 92.6 cm³/mol. The average Bonchev–Trinajstić information content (AvgIpc) is 2.62. The van der Waals surface area contributed by atoms with Crippen LogP contribution in [0.2, 0.25) is 0 Å². The van der Waals surface area contributed by atoms with Gasteiger partial charge in [-0.05, 0) is 36.4 Å². The predicted octanol–water partition coefficient (Wildman–Crippen LogP) is 2.07. The standard InChI is InChI=1S/C17H17FN6/c18-12-1-3-13(4-2-12)23-7-9-24(10-8-23)17-14-5-6-15(19)22-16(14)20-11-21-17/h1-6,11H,7-10H2,(H2,19,20,21,22). The van der Waals surface area contributed by atoms with Crippen LogP contribution in [0.15, 0.2) is 42.7 Å². The molecule has 0 aliphatic carbocycles. The van der Waals surface area contributed by atoms with Crippen LogP contribution in [0, 0.1) is 5.82 Å². The van der Waals surface area contributed by atoms with Crippen molar-refractivity contribution < 1.29 is 4.39 Å². The lowest BCUT2D eigenvalue weighted by Gasteiger charge is -2.37. The molecule has 3 heterocycles. The van der Waals surface area contributed by atoms with Crippen LogP contribution < -0.4 is 15.5 Å². The summed E-state index contributed by atoms with van der Waals surface area (Å²) in [5.74, 6) is 1.12. The van der Waals surface area contributed by atoms with Gasteiger partial charge in [0.1, 0.15) is 23.8 Å². The van der Waals surface area contributed by atoms with Crippen LogP contribution in [0.5, 0.6) is 0 Å². The van der Waals surface area contributed by atoms with Gasteiger partial charge in [0.05, 0.1) is 5.39 Å². The lowest BCUT2D eigenvalue weighted by Crippen LogP contribution is -2.46. The molecule has 24 heavy (non-hydrogen) atoms. The third-order valence-electron chi connectivity index (χ3n) is 4.27. The van der Waals surface area contributed by atoms with E-state index < -0.39 is 0 Å². The topological polar surface area (TPSA) is 71.2 Å². The second-order valence-corrected chi connectivity index (χ2v) is 5.76. The molecule has 0 unspecified atom stereocenters. The Morgan fingerprint density at radius 2 is 1.58 bits per heavy atom. The third kappa shape index (κ3) is 2.68. The lowest BCUT2D eigenvalue weighted by molar-refractivity contribution is 0.624. The number of rotatable bonds is 2. The third-order valence-corrected chi connectivity index (χ3v) is 4.27. The number of nitrogens with zero attached hydrogens (tertiary/aromatic N) is 5. The van der Waals surface area contributed by atoms with E-state index in [-0.39, 0.29) is 5.82 Å². The first-order valence-electron chi connectivity index (χ1n) is 7.83. The van der Waals surface area contributed by atoms with Gasteiger partial charge >= 0.3 is 0 Å². The molecule has 4 rings (SSSR count). The molecule has 7 heteroatoms. The summed E-state index contributed by atoms with van der Waals surface area (Å²) in [5, 5.41) is 0.905. The van der Waals surface area contributed by atoms with Crippen molar-refractivity contribution in [2.75, 3.05) is 41.7 Å². The Balaban J connectivity index is 1.55. The van der Waals surface area contributed by atoms with E-state index in [0.29, 0.717) is 11.5 Å².